The monoisotopic (exact) mass is 93.1 g/mol. The van der Waals surface area contributed by atoms with E-state index in [4.69, 9.17) is 0 Å². The van der Waals surface area contributed by atoms with Crippen LogP contribution in [0, 0.1) is 0 Å². The molecule has 0 amide bonds. The van der Waals surface area contributed by atoms with Crippen LogP contribution in [0.1, 0.15) is 0 Å². The van der Waals surface area contributed by atoms with Gasteiger partial charge in [0, 0.05) is 6.21 Å². The average molecular weight is 93.1 g/mol. The minimum absolute atomic E-state index is 0.250. The summed E-state index contributed by atoms with van der Waals surface area (Å²) in [6, 6.07) is 0.250. The molecule has 1 unspecified atom stereocenters. The first-order chi connectivity index (χ1) is 3.43. The highest BCUT2D eigenvalue weighted by Gasteiger charge is 1.94. The normalized spacial score (nSPS) is 26.0. The van der Waals surface area contributed by atoms with Crippen molar-refractivity contribution in [3.05, 3.63) is 24.8 Å². The van der Waals surface area contributed by atoms with Crippen molar-refractivity contribution in [2.24, 2.45) is 4.99 Å². The number of rotatable bonds is 1. The zero-order valence-corrected chi connectivity index (χ0v) is 4.04. The summed E-state index contributed by atoms with van der Waals surface area (Å²) in [5.74, 6) is 0. The van der Waals surface area contributed by atoms with Crippen LogP contribution in [0.15, 0.2) is 29.8 Å². The Balaban J connectivity index is 2.59. The number of nitrogens with zero attached hydrogens (tertiary/aromatic N) is 1. The molecule has 1 heteroatoms. The zero-order chi connectivity index (χ0) is 5.11. The first-order valence-electron chi connectivity index (χ1n) is 2.26. The number of hydrogen-bond donors (Lipinski definition) is 0. The lowest BCUT2D eigenvalue weighted by Gasteiger charge is -1.88. The Labute approximate surface area is 43.1 Å². The molecule has 0 saturated carbocycles. The van der Waals surface area contributed by atoms with E-state index in [9.17, 15) is 0 Å². The topological polar surface area (TPSA) is 12.4 Å². The molecule has 0 fully saturated rings. The van der Waals surface area contributed by atoms with Gasteiger partial charge in [0.2, 0.25) is 0 Å². The molecule has 0 bridgehead atoms. The van der Waals surface area contributed by atoms with Crippen molar-refractivity contribution in [1.82, 2.24) is 0 Å². The van der Waals surface area contributed by atoms with Crippen LogP contribution in [0.4, 0.5) is 0 Å². The smallest absolute Gasteiger partial charge is 0.0862 e. The van der Waals surface area contributed by atoms with E-state index in [1.807, 2.05) is 12.2 Å². The lowest BCUT2D eigenvalue weighted by molar-refractivity contribution is 1.06. The van der Waals surface area contributed by atoms with E-state index in [1.165, 1.54) is 0 Å². The van der Waals surface area contributed by atoms with Gasteiger partial charge in [-0.25, -0.2) is 0 Å². The highest BCUT2D eigenvalue weighted by Crippen LogP contribution is 1.97. The summed E-state index contributed by atoms with van der Waals surface area (Å²) in [7, 11) is 0. The van der Waals surface area contributed by atoms with Crippen LogP contribution in [-0.2, 0) is 0 Å². The van der Waals surface area contributed by atoms with Gasteiger partial charge in [-0.05, 0) is 6.08 Å². The Morgan fingerprint density at radius 1 is 1.71 bits per heavy atom. The highest BCUT2D eigenvalue weighted by molar-refractivity contribution is 5.74. The van der Waals surface area contributed by atoms with Gasteiger partial charge in [-0.1, -0.05) is 12.2 Å². The van der Waals surface area contributed by atoms with Crippen LogP contribution in [-0.4, -0.2) is 12.3 Å². The molecule has 1 aliphatic heterocycles. The van der Waals surface area contributed by atoms with Gasteiger partial charge in [0.25, 0.3) is 0 Å². The summed E-state index contributed by atoms with van der Waals surface area (Å²) in [6.07, 6.45) is 7.51. The minimum atomic E-state index is 0.250. The third-order valence-corrected chi connectivity index (χ3v) is 0.894. The van der Waals surface area contributed by atoms with Crippen LogP contribution >= 0.6 is 0 Å². The Morgan fingerprint density at radius 2 is 2.57 bits per heavy atom. The number of allylic oxidation sites excluding steroid dienone is 1. The van der Waals surface area contributed by atoms with Gasteiger partial charge in [0.15, 0.2) is 0 Å². The van der Waals surface area contributed by atoms with E-state index >= 15 is 0 Å². The largest absolute Gasteiger partial charge is 0.282 e. The molecule has 1 rings (SSSR count). The summed E-state index contributed by atoms with van der Waals surface area (Å²) >= 11 is 0. The van der Waals surface area contributed by atoms with Gasteiger partial charge >= 0.3 is 0 Å². The molecule has 0 saturated heterocycles. The molecular formula is C6H7N. The quantitative estimate of drug-likeness (QED) is 0.432. The maximum absolute atomic E-state index is 4.00. The summed E-state index contributed by atoms with van der Waals surface area (Å²) < 4.78 is 0. The predicted octanol–water partition coefficient (Wildman–Crippen LogP) is 1.18. The molecule has 1 nitrogen and oxygen atoms in total. The van der Waals surface area contributed by atoms with Gasteiger partial charge in [-0.15, -0.1) is 6.58 Å². The zero-order valence-electron chi connectivity index (χ0n) is 4.04. The van der Waals surface area contributed by atoms with Gasteiger partial charge in [0.1, 0.15) is 0 Å². The van der Waals surface area contributed by atoms with Gasteiger partial charge in [-0.2, -0.15) is 0 Å². The Bertz CT molecular complexity index is 110. The van der Waals surface area contributed by atoms with E-state index in [0.717, 1.165) is 0 Å². The second kappa shape index (κ2) is 1.73. The fourth-order valence-electron chi connectivity index (χ4n) is 0.502. The second-order valence-corrected chi connectivity index (χ2v) is 1.41. The molecule has 0 aromatic heterocycles. The van der Waals surface area contributed by atoms with Crippen molar-refractivity contribution < 1.29 is 0 Å². The van der Waals surface area contributed by atoms with Crippen molar-refractivity contribution in [3.8, 4) is 0 Å². The standard InChI is InChI=1S/C6H7N/c1-2-6-4-3-5-7-6/h2-6H,1H2. The molecule has 1 atom stereocenters. The Morgan fingerprint density at radius 3 is 2.86 bits per heavy atom. The molecule has 1 aliphatic rings. The van der Waals surface area contributed by atoms with Crippen LogP contribution in [0.3, 0.4) is 0 Å². The van der Waals surface area contributed by atoms with Crippen molar-refractivity contribution in [2.75, 3.05) is 0 Å². The summed E-state index contributed by atoms with van der Waals surface area (Å²) in [4.78, 5) is 4.00. The molecule has 0 aromatic rings. The summed E-state index contributed by atoms with van der Waals surface area (Å²) in [5, 5.41) is 0. The van der Waals surface area contributed by atoms with Gasteiger partial charge < -0.3 is 0 Å². The van der Waals surface area contributed by atoms with E-state index in [0.29, 0.717) is 0 Å². The van der Waals surface area contributed by atoms with Gasteiger partial charge in [-0.3, -0.25) is 4.99 Å². The van der Waals surface area contributed by atoms with E-state index < -0.39 is 0 Å². The molecule has 1 heterocycles. The van der Waals surface area contributed by atoms with Crippen molar-refractivity contribution in [3.63, 3.8) is 0 Å². The predicted molar refractivity (Wildman–Crippen MR) is 31.6 cm³/mol. The molecule has 7 heavy (non-hydrogen) atoms. The number of aliphatic imine (C=N–C) groups is 1. The second-order valence-electron chi connectivity index (χ2n) is 1.41. The lowest BCUT2D eigenvalue weighted by Crippen LogP contribution is -1.86. The van der Waals surface area contributed by atoms with Crippen LogP contribution in [0.25, 0.3) is 0 Å². The average Bonchev–Trinajstić information content (AvgIpc) is 2.14. The molecular weight excluding hydrogens is 86.1 g/mol. The van der Waals surface area contributed by atoms with Crippen LogP contribution in [0.5, 0.6) is 0 Å². The maximum atomic E-state index is 4.00. The van der Waals surface area contributed by atoms with Crippen molar-refractivity contribution >= 4 is 6.21 Å². The third-order valence-electron chi connectivity index (χ3n) is 0.894. The fourth-order valence-corrected chi connectivity index (χ4v) is 0.502. The van der Waals surface area contributed by atoms with Crippen LogP contribution in [0.2, 0.25) is 0 Å². The molecule has 36 valence electrons. The van der Waals surface area contributed by atoms with E-state index in [1.54, 1.807) is 12.3 Å². The summed E-state index contributed by atoms with van der Waals surface area (Å²) in [5.41, 5.74) is 0. The van der Waals surface area contributed by atoms with Crippen molar-refractivity contribution in [1.29, 1.82) is 0 Å². The Kier molecular flexibility index (Phi) is 1.07. The highest BCUT2D eigenvalue weighted by atomic mass is 14.8. The third kappa shape index (κ3) is 0.769. The molecule has 0 radical (unpaired) electrons. The molecule has 0 spiro atoms. The Hall–Kier alpha value is -0.850. The molecule has 0 aromatic carbocycles. The maximum Gasteiger partial charge on any atom is 0.0862 e. The first-order valence-corrected chi connectivity index (χ1v) is 2.26. The first kappa shape index (κ1) is 4.31. The van der Waals surface area contributed by atoms with E-state index in [-0.39, 0.29) is 6.04 Å². The SMILES string of the molecule is C=CC1C=CC=N1. The van der Waals surface area contributed by atoms with Crippen molar-refractivity contribution in [2.45, 2.75) is 6.04 Å². The fraction of sp³-hybridized carbons (Fsp3) is 0.167. The summed E-state index contributed by atoms with van der Waals surface area (Å²) in [6.45, 7) is 3.58. The minimum Gasteiger partial charge on any atom is -0.282 e. The van der Waals surface area contributed by atoms with Gasteiger partial charge in [0.05, 0.1) is 6.04 Å². The molecule has 0 N–H and O–H groups in total. The van der Waals surface area contributed by atoms with Crippen LogP contribution < -0.4 is 0 Å². The number of hydrogen-bond acceptors (Lipinski definition) is 1. The molecule has 0 aliphatic carbocycles. The lowest BCUT2D eigenvalue weighted by atomic mass is 10.3. The van der Waals surface area contributed by atoms with E-state index in [2.05, 4.69) is 11.6 Å².